The van der Waals surface area contributed by atoms with Crippen LogP contribution in [0.3, 0.4) is 0 Å². The van der Waals surface area contributed by atoms with Gasteiger partial charge in [0.05, 0.1) is 19.2 Å². The fourth-order valence-electron chi connectivity index (χ4n) is 4.62. The van der Waals surface area contributed by atoms with Crippen LogP contribution >= 0.6 is 0 Å². The third-order valence-corrected chi connectivity index (χ3v) is 6.11. The molecule has 3 aromatic rings. The average Bonchev–Trinajstić information content (AvgIpc) is 3.19. The number of methoxy groups -OCH3 is 1. The molecule has 0 spiro atoms. The number of rotatable bonds is 4. The summed E-state index contributed by atoms with van der Waals surface area (Å²) in [5.74, 6) is 0.526. The number of anilines is 1. The standard InChI is InChI=1S/C24H23F2N3O/c1-30-19-9-4-16(5-10-19)23-21-14-29(13-15-2-6-17(25)7-3-15)22-11-8-18(26)12-20(22)24(21)28-27-23/h2-12,21,23-24,27-28H,13-14H2,1H3. The minimum Gasteiger partial charge on any atom is -0.497 e. The molecule has 2 N–H and O–H groups in total. The lowest BCUT2D eigenvalue weighted by Crippen LogP contribution is -2.39. The van der Waals surface area contributed by atoms with Crippen molar-refractivity contribution in [2.24, 2.45) is 5.92 Å². The van der Waals surface area contributed by atoms with Gasteiger partial charge in [0.25, 0.3) is 0 Å². The van der Waals surface area contributed by atoms with Crippen molar-refractivity contribution < 1.29 is 13.5 Å². The average molecular weight is 407 g/mol. The maximum Gasteiger partial charge on any atom is 0.123 e. The zero-order valence-corrected chi connectivity index (χ0v) is 16.6. The normalized spacial score (nSPS) is 22.5. The lowest BCUT2D eigenvalue weighted by atomic mass is 9.82. The number of halogens is 2. The summed E-state index contributed by atoms with van der Waals surface area (Å²) in [6.07, 6.45) is 0. The van der Waals surface area contributed by atoms with E-state index in [9.17, 15) is 8.78 Å². The lowest BCUT2D eigenvalue weighted by molar-refractivity contribution is 0.398. The fraction of sp³-hybridized carbons (Fsp3) is 0.250. The molecule has 0 aliphatic carbocycles. The Morgan fingerprint density at radius 2 is 1.60 bits per heavy atom. The molecular formula is C24H23F2N3O. The van der Waals surface area contributed by atoms with Crippen molar-refractivity contribution in [3.63, 3.8) is 0 Å². The molecule has 5 rings (SSSR count). The van der Waals surface area contributed by atoms with Crippen LogP contribution in [0.2, 0.25) is 0 Å². The van der Waals surface area contributed by atoms with Crippen LogP contribution in [-0.2, 0) is 6.54 Å². The molecule has 30 heavy (non-hydrogen) atoms. The SMILES string of the molecule is COc1ccc(C2NNC3c4cc(F)ccc4N(Cc4ccc(F)cc4)CC23)cc1. The third kappa shape index (κ3) is 3.42. The van der Waals surface area contributed by atoms with Gasteiger partial charge in [-0.2, -0.15) is 0 Å². The Morgan fingerprint density at radius 3 is 2.33 bits per heavy atom. The molecule has 3 unspecified atom stereocenters. The van der Waals surface area contributed by atoms with Crippen molar-refractivity contribution >= 4 is 5.69 Å². The highest BCUT2D eigenvalue weighted by Gasteiger charge is 2.43. The molecule has 0 bridgehead atoms. The lowest BCUT2D eigenvalue weighted by Gasteiger charge is -2.39. The second-order valence-corrected chi connectivity index (χ2v) is 7.89. The van der Waals surface area contributed by atoms with Crippen molar-refractivity contribution in [2.45, 2.75) is 18.6 Å². The van der Waals surface area contributed by atoms with Gasteiger partial charge in [-0.25, -0.2) is 19.6 Å². The van der Waals surface area contributed by atoms with Gasteiger partial charge in [-0.1, -0.05) is 24.3 Å². The number of hydrogen-bond donors (Lipinski definition) is 2. The van der Waals surface area contributed by atoms with Gasteiger partial charge in [0.2, 0.25) is 0 Å². The highest BCUT2D eigenvalue weighted by Crippen LogP contribution is 2.45. The molecule has 2 aliphatic rings. The Bertz CT molecular complexity index is 1040. The number of hydrogen-bond acceptors (Lipinski definition) is 4. The first-order chi connectivity index (χ1) is 14.6. The van der Waals surface area contributed by atoms with Crippen LogP contribution in [0.25, 0.3) is 0 Å². The van der Waals surface area contributed by atoms with Gasteiger partial charge in [-0.15, -0.1) is 0 Å². The van der Waals surface area contributed by atoms with Crippen LogP contribution in [0, 0.1) is 17.6 Å². The zero-order chi connectivity index (χ0) is 20.7. The van der Waals surface area contributed by atoms with Crippen molar-refractivity contribution in [3.8, 4) is 5.75 Å². The first-order valence-electron chi connectivity index (χ1n) is 10.1. The second-order valence-electron chi connectivity index (χ2n) is 7.89. The maximum atomic E-state index is 14.1. The van der Waals surface area contributed by atoms with Gasteiger partial charge in [-0.05, 0) is 59.2 Å². The Kier molecular flexibility index (Phi) is 4.89. The first-order valence-corrected chi connectivity index (χ1v) is 10.1. The summed E-state index contributed by atoms with van der Waals surface area (Å²) in [5, 5.41) is 0. The molecule has 2 heterocycles. The van der Waals surface area contributed by atoms with Crippen LogP contribution in [0.5, 0.6) is 5.75 Å². The molecule has 0 radical (unpaired) electrons. The van der Waals surface area contributed by atoms with E-state index in [-0.39, 0.29) is 29.6 Å². The smallest absolute Gasteiger partial charge is 0.123 e. The summed E-state index contributed by atoms with van der Waals surface area (Å²) in [4.78, 5) is 2.26. The van der Waals surface area contributed by atoms with E-state index < -0.39 is 0 Å². The van der Waals surface area contributed by atoms with Crippen molar-refractivity contribution in [3.05, 3.63) is 95.1 Å². The number of hydrazine groups is 1. The minimum absolute atomic E-state index is 0.00673. The first kappa shape index (κ1) is 19.0. The number of nitrogens with one attached hydrogen (secondary N) is 2. The molecule has 154 valence electrons. The Morgan fingerprint density at radius 1 is 0.900 bits per heavy atom. The Labute approximate surface area is 174 Å². The van der Waals surface area contributed by atoms with Crippen molar-refractivity contribution in [2.75, 3.05) is 18.6 Å². The van der Waals surface area contributed by atoms with Crippen molar-refractivity contribution in [1.29, 1.82) is 0 Å². The Hall–Kier alpha value is -2.96. The Balaban J connectivity index is 1.49. The van der Waals surface area contributed by atoms with E-state index in [0.29, 0.717) is 6.54 Å². The summed E-state index contributed by atoms with van der Waals surface area (Å²) in [7, 11) is 1.65. The molecule has 1 fully saturated rings. The number of nitrogens with zero attached hydrogens (tertiary/aromatic N) is 1. The van der Waals surface area contributed by atoms with E-state index in [1.165, 1.54) is 18.2 Å². The highest BCUT2D eigenvalue weighted by atomic mass is 19.1. The summed E-state index contributed by atoms with van der Waals surface area (Å²) in [6.45, 7) is 1.43. The van der Waals surface area contributed by atoms with E-state index in [2.05, 4.69) is 27.9 Å². The van der Waals surface area contributed by atoms with Crippen LogP contribution in [0.1, 0.15) is 28.8 Å². The molecule has 0 aromatic heterocycles. The largest absolute Gasteiger partial charge is 0.497 e. The van der Waals surface area contributed by atoms with Gasteiger partial charge in [-0.3, -0.25) is 0 Å². The van der Waals surface area contributed by atoms with Gasteiger partial charge >= 0.3 is 0 Å². The van der Waals surface area contributed by atoms with E-state index >= 15 is 0 Å². The highest BCUT2D eigenvalue weighted by molar-refractivity contribution is 5.59. The quantitative estimate of drug-likeness (QED) is 0.668. The van der Waals surface area contributed by atoms with E-state index in [1.807, 2.05) is 18.2 Å². The van der Waals surface area contributed by atoms with E-state index in [1.54, 1.807) is 25.3 Å². The summed E-state index contributed by atoms with van der Waals surface area (Å²) in [5.41, 5.74) is 10.9. The van der Waals surface area contributed by atoms with Gasteiger partial charge in [0.15, 0.2) is 0 Å². The van der Waals surface area contributed by atoms with Crippen LogP contribution in [0.4, 0.5) is 14.5 Å². The fourth-order valence-corrected chi connectivity index (χ4v) is 4.62. The van der Waals surface area contributed by atoms with E-state index in [0.717, 1.165) is 34.7 Å². The van der Waals surface area contributed by atoms with Crippen LogP contribution in [0.15, 0.2) is 66.7 Å². The van der Waals surface area contributed by atoms with Crippen LogP contribution in [-0.4, -0.2) is 13.7 Å². The topological polar surface area (TPSA) is 36.5 Å². The molecule has 3 atom stereocenters. The number of fused-ring (bicyclic) bond motifs is 3. The van der Waals surface area contributed by atoms with E-state index in [4.69, 9.17) is 4.74 Å². The van der Waals surface area contributed by atoms with Crippen molar-refractivity contribution in [1.82, 2.24) is 10.9 Å². The predicted molar refractivity (Wildman–Crippen MR) is 112 cm³/mol. The van der Waals surface area contributed by atoms with Gasteiger partial charge in [0.1, 0.15) is 17.4 Å². The minimum atomic E-state index is -0.247. The third-order valence-electron chi connectivity index (χ3n) is 6.11. The summed E-state index contributed by atoms with van der Waals surface area (Å²) >= 11 is 0. The molecule has 0 saturated carbocycles. The number of ether oxygens (including phenoxy) is 1. The monoisotopic (exact) mass is 407 g/mol. The zero-order valence-electron chi connectivity index (χ0n) is 16.6. The molecule has 0 amide bonds. The summed E-state index contributed by atoms with van der Waals surface area (Å²) in [6, 6.07) is 19.6. The molecule has 1 saturated heterocycles. The molecule has 2 aliphatic heterocycles. The number of benzene rings is 3. The van der Waals surface area contributed by atoms with Gasteiger partial charge < -0.3 is 9.64 Å². The van der Waals surface area contributed by atoms with Crippen LogP contribution < -0.4 is 20.5 Å². The molecule has 6 heteroatoms. The second kappa shape index (κ2) is 7.70. The van der Waals surface area contributed by atoms with Gasteiger partial charge in [0, 0.05) is 24.7 Å². The molecular weight excluding hydrogens is 384 g/mol. The molecule has 4 nitrogen and oxygen atoms in total. The predicted octanol–water partition coefficient (Wildman–Crippen LogP) is 4.50. The molecule has 3 aromatic carbocycles. The summed E-state index contributed by atoms with van der Waals surface area (Å²) < 4.78 is 32.7. The maximum absolute atomic E-state index is 14.1.